The topological polar surface area (TPSA) is 77.8 Å². The summed E-state index contributed by atoms with van der Waals surface area (Å²) in [7, 11) is 0. The summed E-state index contributed by atoms with van der Waals surface area (Å²) in [4.78, 5) is 10.7. The Balaban J connectivity index is 2.52. The smallest absolute Gasteiger partial charge is 0.307 e. The molecule has 104 valence electrons. The highest BCUT2D eigenvalue weighted by Crippen LogP contribution is 2.34. The van der Waals surface area contributed by atoms with Gasteiger partial charge in [-0.05, 0) is 41.0 Å². The monoisotopic (exact) mass is 296 g/mol. The number of benzene rings is 2. The molecule has 0 saturated heterocycles. The van der Waals surface area contributed by atoms with Crippen molar-refractivity contribution in [2.45, 2.75) is 6.42 Å². The number of carboxylic acids is 1. The third-order valence-corrected chi connectivity index (χ3v) is 2.97. The number of phenols is 2. The summed E-state index contributed by atoms with van der Waals surface area (Å²) in [6, 6.07) is 6.57. The fraction of sp³-hybridized carbons (Fsp3) is 0.0714. The Morgan fingerprint density at radius 2 is 1.75 bits per heavy atom. The Hall–Kier alpha value is -2.27. The summed E-state index contributed by atoms with van der Waals surface area (Å²) in [5.41, 5.74) is 1.10. The molecule has 0 bridgehead atoms. The summed E-state index contributed by atoms with van der Waals surface area (Å²) in [6.07, 6.45) is -0.268. The van der Waals surface area contributed by atoms with Gasteiger partial charge in [0.1, 0.15) is 5.75 Å². The van der Waals surface area contributed by atoms with Crippen LogP contribution in [0.1, 0.15) is 5.56 Å². The van der Waals surface area contributed by atoms with Crippen molar-refractivity contribution >= 4 is 17.6 Å². The molecule has 0 saturated carbocycles. The molecule has 0 radical (unpaired) electrons. The molecule has 0 aliphatic rings. The SMILES string of the molecule is O=C(O)Cc1cc(O)cc(-c2cc(F)c(O)c(Cl)c2)c1. The van der Waals surface area contributed by atoms with E-state index in [0.717, 1.165) is 6.07 Å². The molecule has 0 aliphatic heterocycles. The number of carboxylic acid groups (broad SMARTS) is 1. The molecule has 0 aromatic heterocycles. The molecule has 0 atom stereocenters. The number of aromatic hydroxyl groups is 2. The lowest BCUT2D eigenvalue weighted by Gasteiger charge is -2.08. The first-order valence-electron chi connectivity index (χ1n) is 5.60. The fourth-order valence-corrected chi connectivity index (χ4v) is 2.06. The van der Waals surface area contributed by atoms with E-state index in [9.17, 15) is 19.4 Å². The van der Waals surface area contributed by atoms with Gasteiger partial charge >= 0.3 is 5.97 Å². The van der Waals surface area contributed by atoms with Crippen LogP contribution in [-0.2, 0) is 11.2 Å². The lowest BCUT2D eigenvalue weighted by Crippen LogP contribution is -2.00. The lowest BCUT2D eigenvalue weighted by atomic mass is 10.0. The van der Waals surface area contributed by atoms with E-state index in [-0.39, 0.29) is 17.2 Å². The second-order valence-corrected chi connectivity index (χ2v) is 4.65. The predicted molar refractivity (Wildman–Crippen MR) is 71.5 cm³/mol. The number of rotatable bonds is 3. The molecule has 3 N–H and O–H groups in total. The Bertz CT molecular complexity index is 662. The molecule has 20 heavy (non-hydrogen) atoms. The van der Waals surface area contributed by atoms with Gasteiger partial charge in [0.05, 0.1) is 11.4 Å². The summed E-state index contributed by atoms with van der Waals surface area (Å²) in [6.45, 7) is 0. The van der Waals surface area contributed by atoms with Gasteiger partial charge < -0.3 is 15.3 Å². The van der Waals surface area contributed by atoms with Crippen molar-refractivity contribution < 1.29 is 24.5 Å². The van der Waals surface area contributed by atoms with Crippen molar-refractivity contribution in [3.05, 3.63) is 46.7 Å². The van der Waals surface area contributed by atoms with Gasteiger partial charge in [0.25, 0.3) is 0 Å². The summed E-state index contributed by atoms with van der Waals surface area (Å²) >= 11 is 5.69. The van der Waals surface area contributed by atoms with Gasteiger partial charge in [-0.3, -0.25) is 4.79 Å². The van der Waals surface area contributed by atoms with Gasteiger partial charge in [-0.25, -0.2) is 4.39 Å². The molecule has 0 fully saturated rings. The van der Waals surface area contributed by atoms with Crippen molar-refractivity contribution in [3.8, 4) is 22.6 Å². The minimum atomic E-state index is -1.04. The molecule has 6 heteroatoms. The second-order valence-electron chi connectivity index (χ2n) is 4.25. The van der Waals surface area contributed by atoms with E-state index in [4.69, 9.17) is 16.7 Å². The molecule has 0 heterocycles. The van der Waals surface area contributed by atoms with Crippen LogP contribution in [0.15, 0.2) is 30.3 Å². The number of aliphatic carboxylic acids is 1. The van der Waals surface area contributed by atoms with Crippen molar-refractivity contribution in [2.75, 3.05) is 0 Å². The average Bonchev–Trinajstić information content (AvgIpc) is 2.33. The predicted octanol–water partition coefficient (Wildman–Crippen LogP) is 3.18. The molecule has 0 spiro atoms. The molecule has 2 aromatic rings. The van der Waals surface area contributed by atoms with E-state index >= 15 is 0 Å². The number of hydrogen-bond acceptors (Lipinski definition) is 3. The molecular weight excluding hydrogens is 287 g/mol. The molecule has 2 rings (SSSR count). The normalized spacial score (nSPS) is 10.5. The van der Waals surface area contributed by atoms with Crippen LogP contribution in [0.3, 0.4) is 0 Å². The van der Waals surface area contributed by atoms with E-state index in [2.05, 4.69) is 0 Å². The minimum Gasteiger partial charge on any atom is -0.508 e. The first-order chi connectivity index (χ1) is 9.36. The maximum atomic E-state index is 13.4. The quantitative estimate of drug-likeness (QED) is 0.813. The van der Waals surface area contributed by atoms with E-state index in [0.29, 0.717) is 16.7 Å². The number of carbonyl (C=O) groups is 1. The zero-order chi connectivity index (χ0) is 14.9. The van der Waals surface area contributed by atoms with Crippen LogP contribution < -0.4 is 0 Å². The summed E-state index contributed by atoms with van der Waals surface area (Å²) in [5, 5.41) is 27.4. The van der Waals surface area contributed by atoms with E-state index in [1.165, 1.54) is 24.3 Å². The first kappa shape index (κ1) is 14.1. The fourth-order valence-electron chi connectivity index (χ4n) is 1.85. The number of phenolic OH excluding ortho intramolecular Hbond substituents is 2. The zero-order valence-corrected chi connectivity index (χ0v) is 10.9. The second kappa shape index (κ2) is 5.38. The Kier molecular flexibility index (Phi) is 3.81. The van der Waals surface area contributed by atoms with Gasteiger partial charge in [0.15, 0.2) is 11.6 Å². The van der Waals surface area contributed by atoms with Gasteiger partial charge in [-0.1, -0.05) is 17.7 Å². The van der Waals surface area contributed by atoms with E-state index < -0.39 is 17.5 Å². The summed E-state index contributed by atoms with van der Waals surface area (Å²) < 4.78 is 13.4. The highest BCUT2D eigenvalue weighted by molar-refractivity contribution is 6.32. The van der Waals surface area contributed by atoms with Crippen LogP contribution in [-0.4, -0.2) is 21.3 Å². The Labute approximate surface area is 118 Å². The van der Waals surface area contributed by atoms with Gasteiger partial charge in [-0.15, -0.1) is 0 Å². The largest absolute Gasteiger partial charge is 0.508 e. The van der Waals surface area contributed by atoms with Crippen LogP contribution >= 0.6 is 11.6 Å². The number of hydrogen-bond donors (Lipinski definition) is 3. The maximum Gasteiger partial charge on any atom is 0.307 e. The van der Waals surface area contributed by atoms with Gasteiger partial charge in [0, 0.05) is 0 Å². The Morgan fingerprint density at radius 1 is 1.10 bits per heavy atom. The van der Waals surface area contributed by atoms with Crippen molar-refractivity contribution in [1.82, 2.24) is 0 Å². The summed E-state index contributed by atoms with van der Waals surface area (Å²) in [5.74, 6) is -2.73. The van der Waals surface area contributed by atoms with E-state index in [1.807, 2.05) is 0 Å². The first-order valence-corrected chi connectivity index (χ1v) is 5.97. The van der Waals surface area contributed by atoms with Crippen LogP contribution in [0.4, 0.5) is 4.39 Å². The van der Waals surface area contributed by atoms with Crippen LogP contribution in [0.5, 0.6) is 11.5 Å². The van der Waals surface area contributed by atoms with Crippen LogP contribution in [0, 0.1) is 5.82 Å². The molecular formula is C14H10ClFO4. The lowest BCUT2D eigenvalue weighted by molar-refractivity contribution is -0.136. The van der Waals surface area contributed by atoms with Crippen molar-refractivity contribution in [2.24, 2.45) is 0 Å². The standard InChI is InChI=1S/C14H10ClFO4/c15-11-5-9(6-12(16)14(11)20)8-1-7(3-13(18)19)2-10(17)4-8/h1-2,4-6,17,20H,3H2,(H,18,19). The molecule has 0 aliphatic carbocycles. The van der Waals surface area contributed by atoms with E-state index in [1.54, 1.807) is 0 Å². The van der Waals surface area contributed by atoms with Crippen molar-refractivity contribution in [3.63, 3.8) is 0 Å². The number of halogens is 2. The average molecular weight is 297 g/mol. The van der Waals surface area contributed by atoms with Gasteiger partial charge in [0.2, 0.25) is 0 Å². The molecule has 0 amide bonds. The van der Waals surface area contributed by atoms with Crippen LogP contribution in [0.2, 0.25) is 5.02 Å². The van der Waals surface area contributed by atoms with Crippen LogP contribution in [0.25, 0.3) is 11.1 Å². The highest BCUT2D eigenvalue weighted by Gasteiger charge is 2.11. The molecule has 4 nitrogen and oxygen atoms in total. The van der Waals surface area contributed by atoms with Gasteiger partial charge in [-0.2, -0.15) is 0 Å². The minimum absolute atomic E-state index is 0.136. The highest BCUT2D eigenvalue weighted by atomic mass is 35.5. The third kappa shape index (κ3) is 3.00. The molecule has 0 unspecified atom stereocenters. The Morgan fingerprint density at radius 3 is 2.35 bits per heavy atom. The zero-order valence-electron chi connectivity index (χ0n) is 10.1. The third-order valence-electron chi connectivity index (χ3n) is 2.68. The molecule has 2 aromatic carbocycles. The van der Waals surface area contributed by atoms with Crippen molar-refractivity contribution in [1.29, 1.82) is 0 Å². The maximum absolute atomic E-state index is 13.4.